The van der Waals surface area contributed by atoms with Gasteiger partial charge in [-0.25, -0.2) is 0 Å². The fourth-order valence-corrected chi connectivity index (χ4v) is 3.44. The number of ether oxygens (including phenoxy) is 1. The molecule has 3 heteroatoms. The predicted octanol–water partition coefficient (Wildman–Crippen LogP) is 4.73. The summed E-state index contributed by atoms with van der Waals surface area (Å²) in [5.41, 5.74) is 0.613. The van der Waals surface area contributed by atoms with Gasteiger partial charge in [-0.1, -0.05) is 48.7 Å². The number of hydrogen-bond donors (Lipinski definition) is 0. The fourth-order valence-electron chi connectivity index (χ4n) is 3.06. The normalized spacial score (nSPS) is 18.9. The molecule has 0 atom stereocenters. The van der Waals surface area contributed by atoms with Crippen LogP contribution in [-0.2, 0) is 0 Å². The highest BCUT2D eigenvalue weighted by molar-refractivity contribution is 9.10. The quantitative estimate of drug-likeness (QED) is 0.742. The zero-order valence-electron chi connectivity index (χ0n) is 12.7. The molecule has 2 nitrogen and oxygen atoms in total. The standard InChI is InChI=1S/C17H26BrNO/c1-3-17(4-2)8-10-19(11-9-17)12-13-20-16-7-5-6-15(18)14-16/h5-7,14H,3-4,8-13H2,1-2H3. The Morgan fingerprint density at radius 3 is 2.50 bits per heavy atom. The maximum atomic E-state index is 5.82. The molecule has 1 heterocycles. The van der Waals surface area contributed by atoms with Crippen molar-refractivity contribution in [3.63, 3.8) is 0 Å². The van der Waals surface area contributed by atoms with Crippen LogP contribution in [0.25, 0.3) is 0 Å². The second kappa shape index (κ2) is 7.46. The summed E-state index contributed by atoms with van der Waals surface area (Å²) >= 11 is 3.47. The Bertz CT molecular complexity index is 407. The second-order valence-electron chi connectivity index (χ2n) is 5.85. The van der Waals surface area contributed by atoms with E-state index in [1.54, 1.807) is 0 Å². The van der Waals surface area contributed by atoms with Crippen LogP contribution in [0.4, 0.5) is 0 Å². The Kier molecular flexibility index (Phi) is 5.91. The Balaban J connectivity index is 1.71. The lowest BCUT2D eigenvalue weighted by Gasteiger charge is -2.41. The van der Waals surface area contributed by atoms with Crippen LogP contribution in [0.5, 0.6) is 5.75 Å². The van der Waals surface area contributed by atoms with Gasteiger partial charge in [-0.3, -0.25) is 4.90 Å². The predicted molar refractivity (Wildman–Crippen MR) is 88.3 cm³/mol. The summed E-state index contributed by atoms with van der Waals surface area (Å²) < 4.78 is 6.90. The molecule has 0 spiro atoms. The highest BCUT2D eigenvalue weighted by Crippen LogP contribution is 2.37. The minimum absolute atomic E-state index is 0.613. The molecule has 1 aliphatic rings. The van der Waals surface area contributed by atoms with E-state index < -0.39 is 0 Å². The van der Waals surface area contributed by atoms with Gasteiger partial charge in [-0.15, -0.1) is 0 Å². The lowest BCUT2D eigenvalue weighted by Crippen LogP contribution is -2.41. The summed E-state index contributed by atoms with van der Waals surface area (Å²) in [5, 5.41) is 0. The van der Waals surface area contributed by atoms with Gasteiger partial charge < -0.3 is 4.74 Å². The molecule has 0 aliphatic carbocycles. The molecule has 0 radical (unpaired) electrons. The van der Waals surface area contributed by atoms with Gasteiger partial charge in [0.2, 0.25) is 0 Å². The van der Waals surface area contributed by atoms with Gasteiger partial charge in [0.1, 0.15) is 12.4 Å². The Hall–Kier alpha value is -0.540. The third kappa shape index (κ3) is 4.23. The number of halogens is 1. The monoisotopic (exact) mass is 339 g/mol. The molecule has 0 unspecified atom stereocenters. The number of likely N-dealkylation sites (tertiary alicyclic amines) is 1. The highest BCUT2D eigenvalue weighted by Gasteiger charge is 2.30. The molecule has 0 aromatic heterocycles. The molecular weight excluding hydrogens is 314 g/mol. The second-order valence-corrected chi connectivity index (χ2v) is 6.77. The average molecular weight is 340 g/mol. The van der Waals surface area contributed by atoms with Crippen molar-refractivity contribution in [3.8, 4) is 5.75 Å². The smallest absolute Gasteiger partial charge is 0.120 e. The Morgan fingerprint density at radius 1 is 1.20 bits per heavy atom. The van der Waals surface area contributed by atoms with E-state index in [1.807, 2.05) is 24.3 Å². The first-order valence-electron chi connectivity index (χ1n) is 7.78. The van der Waals surface area contributed by atoms with E-state index in [0.717, 1.165) is 23.4 Å². The number of nitrogens with zero attached hydrogens (tertiary/aromatic N) is 1. The molecule has 20 heavy (non-hydrogen) atoms. The maximum Gasteiger partial charge on any atom is 0.120 e. The molecule has 2 rings (SSSR count). The summed E-state index contributed by atoms with van der Waals surface area (Å²) in [4.78, 5) is 2.54. The van der Waals surface area contributed by atoms with E-state index in [0.29, 0.717) is 5.41 Å². The molecule has 0 bridgehead atoms. The lowest BCUT2D eigenvalue weighted by molar-refractivity contribution is 0.0851. The van der Waals surface area contributed by atoms with Gasteiger partial charge >= 0.3 is 0 Å². The summed E-state index contributed by atoms with van der Waals surface area (Å²) in [6, 6.07) is 8.07. The van der Waals surface area contributed by atoms with Gasteiger partial charge in [0.15, 0.2) is 0 Å². The van der Waals surface area contributed by atoms with E-state index in [-0.39, 0.29) is 0 Å². The molecule has 1 aromatic rings. The van der Waals surface area contributed by atoms with Crippen molar-refractivity contribution in [2.24, 2.45) is 5.41 Å². The van der Waals surface area contributed by atoms with Crippen LogP contribution in [0.3, 0.4) is 0 Å². The highest BCUT2D eigenvalue weighted by atomic mass is 79.9. The van der Waals surface area contributed by atoms with Gasteiger partial charge in [-0.05, 0) is 49.5 Å². The molecule has 1 aromatic carbocycles. The SMILES string of the molecule is CCC1(CC)CCN(CCOc2cccc(Br)c2)CC1. The van der Waals surface area contributed by atoms with E-state index in [1.165, 1.54) is 38.8 Å². The van der Waals surface area contributed by atoms with Crippen LogP contribution in [0.2, 0.25) is 0 Å². The minimum Gasteiger partial charge on any atom is -0.492 e. The first-order chi connectivity index (χ1) is 9.67. The number of rotatable bonds is 6. The molecule has 0 amide bonds. The summed E-state index contributed by atoms with van der Waals surface area (Å²) in [7, 11) is 0. The summed E-state index contributed by atoms with van der Waals surface area (Å²) in [6.07, 6.45) is 5.34. The van der Waals surface area contributed by atoms with Gasteiger partial charge in [0.05, 0.1) is 0 Å². The van der Waals surface area contributed by atoms with Crippen LogP contribution in [0, 0.1) is 5.41 Å². The third-order valence-electron chi connectivity index (χ3n) is 4.89. The van der Waals surface area contributed by atoms with Crippen LogP contribution in [0.15, 0.2) is 28.7 Å². The van der Waals surface area contributed by atoms with Crippen LogP contribution in [0.1, 0.15) is 39.5 Å². The van der Waals surface area contributed by atoms with E-state index in [2.05, 4.69) is 34.7 Å². The zero-order chi connectivity index (χ0) is 14.4. The van der Waals surface area contributed by atoms with Crippen molar-refractivity contribution in [2.45, 2.75) is 39.5 Å². The zero-order valence-corrected chi connectivity index (χ0v) is 14.3. The first kappa shape index (κ1) is 15.8. The first-order valence-corrected chi connectivity index (χ1v) is 8.57. The topological polar surface area (TPSA) is 12.5 Å². The molecule has 1 fully saturated rings. The number of piperidine rings is 1. The largest absolute Gasteiger partial charge is 0.492 e. The summed E-state index contributed by atoms with van der Waals surface area (Å²) in [5.74, 6) is 0.952. The maximum absolute atomic E-state index is 5.82. The molecule has 1 aliphatic heterocycles. The van der Waals surface area contributed by atoms with Crippen LogP contribution < -0.4 is 4.74 Å². The van der Waals surface area contributed by atoms with Crippen LogP contribution in [-0.4, -0.2) is 31.1 Å². The molecule has 1 saturated heterocycles. The van der Waals surface area contributed by atoms with Crippen molar-refractivity contribution in [1.82, 2.24) is 4.90 Å². The molecule has 112 valence electrons. The Morgan fingerprint density at radius 2 is 1.90 bits per heavy atom. The van der Waals surface area contributed by atoms with Crippen molar-refractivity contribution >= 4 is 15.9 Å². The molecule has 0 N–H and O–H groups in total. The van der Waals surface area contributed by atoms with E-state index in [9.17, 15) is 0 Å². The van der Waals surface area contributed by atoms with Crippen molar-refractivity contribution in [3.05, 3.63) is 28.7 Å². The van der Waals surface area contributed by atoms with Gasteiger partial charge in [-0.2, -0.15) is 0 Å². The fraction of sp³-hybridized carbons (Fsp3) is 0.647. The number of benzene rings is 1. The van der Waals surface area contributed by atoms with Crippen LogP contribution >= 0.6 is 15.9 Å². The van der Waals surface area contributed by atoms with Crippen molar-refractivity contribution in [2.75, 3.05) is 26.2 Å². The van der Waals surface area contributed by atoms with E-state index in [4.69, 9.17) is 4.74 Å². The van der Waals surface area contributed by atoms with Crippen molar-refractivity contribution in [1.29, 1.82) is 0 Å². The average Bonchev–Trinajstić information content (AvgIpc) is 2.48. The van der Waals surface area contributed by atoms with Gasteiger partial charge in [0.25, 0.3) is 0 Å². The Labute approximate surface area is 131 Å². The molecular formula is C17H26BrNO. The third-order valence-corrected chi connectivity index (χ3v) is 5.38. The van der Waals surface area contributed by atoms with E-state index >= 15 is 0 Å². The molecule has 0 saturated carbocycles. The summed E-state index contributed by atoms with van der Waals surface area (Å²) in [6.45, 7) is 8.95. The minimum atomic E-state index is 0.613. The lowest BCUT2D eigenvalue weighted by atomic mass is 9.74. The van der Waals surface area contributed by atoms with Crippen molar-refractivity contribution < 1.29 is 4.74 Å². The number of hydrogen-bond acceptors (Lipinski definition) is 2. The van der Waals surface area contributed by atoms with Gasteiger partial charge in [0, 0.05) is 11.0 Å².